The first kappa shape index (κ1) is 17.6. The van der Waals surface area contributed by atoms with Gasteiger partial charge in [-0.15, -0.1) is 0 Å². The second-order valence-corrected chi connectivity index (χ2v) is 9.09. The Morgan fingerprint density at radius 2 is 1.96 bits per heavy atom. The van der Waals surface area contributed by atoms with E-state index >= 15 is 0 Å². The summed E-state index contributed by atoms with van der Waals surface area (Å²) in [4.78, 5) is 0.111. The van der Waals surface area contributed by atoms with Crippen LogP contribution < -0.4 is 9.88 Å². The lowest BCUT2D eigenvalue weighted by Crippen LogP contribution is -2.14. The zero-order chi connectivity index (χ0) is 18.5. The molecule has 2 N–H and O–H groups in total. The molecule has 136 valence electrons. The third-order valence-corrected chi connectivity index (χ3v) is 6.73. The van der Waals surface area contributed by atoms with Crippen LogP contribution >= 0.6 is 11.6 Å². The van der Waals surface area contributed by atoms with Crippen molar-refractivity contribution in [1.29, 1.82) is 0 Å². The van der Waals surface area contributed by atoms with Crippen LogP contribution in [0.15, 0.2) is 53.4 Å². The third-order valence-electron chi connectivity index (χ3n) is 5.47. The van der Waals surface area contributed by atoms with E-state index in [0.29, 0.717) is 33.2 Å². The Morgan fingerprint density at radius 1 is 1.19 bits per heavy atom. The Bertz CT molecular complexity index is 1010. The van der Waals surface area contributed by atoms with Crippen LogP contribution in [0, 0.1) is 5.41 Å². The highest BCUT2D eigenvalue weighted by Gasteiger charge is 2.42. The molecule has 0 radical (unpaired) electrons. The molecule has 1 fully saturated rings. The fraction of sp³-hybridized carbons (Fsp3) is 0.300. The van der Waals surface area contributed by atoms with Crippen molar-refractivity contribution in [2.24, 2.45) is 10.6 Å². The van der Waals surface area contributed by atoms with Gasteiger partial charge in [0, 0.05) is 11.0 Å². The molecule has 4 rings (SSSR count). The summed E-state index contributed by atoms with van der Waals surface area (Å²) >= 11 is 6.24. The van der Waals surface area contributed by atoms with Gasteiger partial charge in [-0.3, -0.25) is 0 Å². The van der Waals surface area contributed by atoms with Gasteiger partial charge in [-0.25, -0.2) is 13.6 Å². The fourth-order valence-electron chi connectivity index (χ4n) is 3.92. The topological polar surface area (TPSA) is 69.4 Å². The van der Waals surface area contributed by atoms with Gasteiger partial charge in [0.1, 0.15) is 5.75 Å². The van der Waals surface area contributed by atoms with Gasteiger partial charge in [0.25, 0.3) is 0 Å². The molecule has 0 amide bonds. The van der Waals surface area contributed by atoms with Crippen LogP contribution in [0.4, 0.5) is 0 Å². The van der Waals surface area contributed by atoms with Crippen molar-refractivity contribution in [1.82, 2.24) is 0 Å². The minimum atomic E-state index is -3.85. The van der Waals surface area contributed by atoms with E-state index in [1.165, 1.54) is 0 Å². The van der Waals surface area contributed by atoms with Crippen LogP contribution in [-0.2, 0) is 10.0 Å². The van der Waals surface area contributed by atoms with Crippen LogP contribution in [0.3, 0.4) is 0 Å². The number of nitrogens with two attached hydrogens (primary N) is 1. The number of allylic oxidation sites excluding steroid dienone is 2. The molecule has 0 unspecified atom stereocenters. The highest BCUT2D eigenvalue weighted by Crippen LogP contribution is 2.55. The molecule has 1 saturated carbocycles. The van der Waals surface area contributed by atoms with E-state index in [4.69, 9.17) is 21.5 Å². The van der Waals surface area contributed by atoms with Gasteiger partial charge in [0.05, 0.1) is 17.0 Å². The molecular formula is C20H20ClNO3S. The van der Waals surface area contributed by atoms with Gasteiger partial charge in [-0.05, 0) is 60.6 Å². The summed E-state index contributed by atoms with van der Waals surface area (Å²) in [5.74, 6) is 0.966. The van der Waals surface area contributed by atoms with E-state index in [1.54, 1.807) is 31.4 Å². The average Bonchev–Trinajstić information content (AvgIpc) is 3.22. The molecule has 1 spiro atoms. The Kier molecular flexibility index (Phi) is 4.14. The summed E-state index contributed by atoms with van der Waals surface area (Å²) in [6, 6.07) is 10.7. The van der Waals surface area contributed by atoms with Crippen molar-refractivity contribution >= 4 is 21.6 Å². The van der Waals surface area contributed by atoms with Crippen LogP contribution in [0.2, 0.25) is 5.02 Å². The summed E-state index contributed by atoms with van der Waals surface area (Å²) in [5, 5.41) is 5.88. The summed E-state index contributed by atoms with van der Waals surface area (Å²) in [5.41, 5.74) is 2.75. The molecule has 1 atom stereocenters. The fourth-order valence-corrected chi connectivity index (χ4v) is 4.92. The van der Waals surface area contributed by atoms with Crippen molar-refractivity contribution in [2.75, 3.05) is 7.11 Å². The summed E-state index contributed by atoms with van der Waals surface area (Å²) in [6.45, 7) is 0. The lowest BCUT2D eigenvalue weighted by atomic mass is 9.92. The first-order valence-corrected chi connectivity index (χ1v) is 10.4. The van der Waals surface area contributed by atoms with Gasteiger partial charge in [0.15, 0.2) is 0 Å². The molecule has 6 heteroatoms. The monoisotopic (exact) mass is 389 g/mol. The first-order valence-electron chi connectivity index (χ1n) is 8.52. The average molecular weight is 390 g/mol. The number of rotatable bonds is 4. The van der Waals surface area contributed by atoms with Gasteiger partial charge >= 0.3 is 0 Å². The van der Waals surface area contributed by atoms with Crippen LogP contribution in [0.25, 0.3) is 11.1 Å². The van der Waals surface area contributed by atoms with Gasteiger partial charge in [-0.2, -0.15) is 0 Å². The standard InChI is InChI=1S/C20H20ClNO3S/c1-25-18-4-2-14(11-17(18)21)16-10-13(3-5-19(16)26(22,23)24)15-6-7-20(12-15)8-9-20/h2-5,8-11,15H,6-7,12H2,1H3,(H2,22,23,24)/t15-/m0/s1. The molecule has 2 aliphatic rings. The van der Waals surface area contributed by atoms with E-state index in [2.05, 4.69) is 12.2 Å². The van der Waals surface area contributed by atoms with Crippen molar-refractivity contribution in [3.05, 3.63) is 59.1 Å². The molecule has 0 bridgehead atoms. The van der Waals surface area contributed by atoms with E-state index in [0.717, 1.165) is 24.8 Å². The number of sulfonamides is 1. The Hall–Kier alpha value is -1.82. The predicted octanol–water partition coefficient (Wildman–Crippen LogP) is 4.49. The van der Waals surface area contributed by atoms with Crippen LogP contribution in [0.1, 0.15) is 30.7 Å². The van der Waals surface area contributed by atoms with Gasteiger partial charge in [-0.1, -0.05) is 35.9 Å². The first-order chi connectivity index (χ1) is 12.3. The molecular weight excluding hydrogens is 370 g/mol. The molecule has 2 aromatic rings. The highest BCUT2D eigenvalue weighted by atomic mass is 35.5. The number of ether oxygens (including phenoxy) is 1. The van der Waals surface area contributed by atoms with Crippen molar-refractivity contribution in [3.63, 3.8) is 0 Å². The number of hydrogen-bond donors (Lipinski definition) is 1. The molecule has 2 aromatic carbocycles. The summed E-state index contributed by atoms with van der Waals surface area (Å²) in [7, 11) is -2.31. The molecule has 0 aromatic heterocycles. The normalized spacial score (nSPS) is 20.5. The number of methoxy groups -OCH3 is 1. The number of benzene rings is 2. The number of halogens is 1. The van der Waals surface area contributed by atoms with Gasteiger partial charge in [0.2, 0.25) is 10.0 Å². The maximum Gasteiger partial charge on any atom is 0.238 e. The smallest absolute Gasteiger partial charge is 0.238 e. The zero-order valence-electron chi connectivity index (χ0n) is 14.4. The molecule has 0 heterocycles. The van der Waals surface area contributed by atoms with E-state index in [-0.39, 0.29) is 4.90 Å². The van der Waals surface area contributed by atoms with E-state index in [1.807, 2.05) is 12.1 Å². The second-order valence-electron chi connectivity index (χ2n) is 7.16. The van der Waals surface area contributed by atoms with E-state index < -0.39 is 10.0 Å². The number of primary sulfonamides is 1. The maximum absolute atomic E-state index is 12.1. The Balaban J connectivity index is 1.79. The minimum absolute atomic E-state index is 0.111. The van der Waals surface area contributed by atoms with Crippen LogP contribution in [-0.4, -0.2) is 15.5 Å². The largest absolute Gasteiger partial charge is 0.495 e. The molecule has 2 aliphatic carbocycles. The van der Waals surface area contributed by atoms with Gasteiger partial charge < -0.3 is 4.74 Å². The quantitative estimate of drug-likeness (QED) is 0.783. The SMILES string of the molecule is COc1ccc(-c2cc([C@H]3CCC4(C=C4)C3)ccc2S(N)(=O)=O)cc1Cl. The third kappa shape index (κ3) is 3.15. The Labute approximate surface area is 158 Å². The van der Waals surface area contributed by atoms with Crippen molar-refractivity contribution in [3.8, 4) is 16.9 Å². The molecule has 26 heavy (non-hydrogen) atoms. The molecule has 0 aliphatic heterocycles. The zero-order valence-corrected chi connectivity index (χ0v) is 16.0. The second kappa shape index (κ2) is 6.12. The minimum Gasteiger partial charge on any atom is -0.495 e. The van der Waals surface area contributed by atoms with Crippen molar-refractivity contribution in [2.45, 2.75) is 30.1 Å². The highest BCUT2D eigenvalue weighted by molar-refractivity contribution is 7.89. The molecule has 0 saturated heterocycles. The Morgan fingerprint density at radius 3 is 2.54 bits per heavy atom. The summed E-state index contributed by atoms with van der Waals surface area (Å²) in [6.07, 6.45) is 7.90. The predicted molar refractivity (Wildman–Crippen MR) is 103 cm³/mol. The van der Waals surface area contributed by atoms with Crippen LogP contribution in [0.5, 0.6) is 5.75 Å². The lowest BCUT2D eigenvalue weighted by Gasteiger charge is -2.16. The summed E-state index contributed by atoms with van der Waals surface area (Å²) < 4.78 is 29.4. The molecule has 4 nitrogen and oxygen atoms in total. The lowest BCUT2D eigenvalue weighted by molar-refractivity contribution is 0.415. The number of hydrogen-bond acceptors (Lipinski definition) is 3. The maximum atomic E-state index is 12.1. The van der Waals surface area contributed by atoms with E-state index in [9.17, 15) is 8.42 Å². The van der Waals surface area contributed by atoms with Crippen molar-refractivity contribution < 1.29 is 13.2 Å².